The van der Waals surface area contributed by atoms with E-state index in [1.807, 2.05) is 0 Å². The predicted octanol–water partition coefficient (Wildman–Crippen LogP) is 3.03. The molecule has 0 radical (unpaired) electrons. The average Bonchev–Trinajstić information content (AvgIpc) is 2.68. The minimum atomic E-state index is -3.35. The molecule has 0 spiro atoms. The van der Waals surface area contributed by atoms with Crippen molar-refractivity contribution >= 4 is 0 Å². The molecule has 23 heavy (non-hydrogen) atoms. The van der Waals surface area contributed by atoms with Gasteiger partial charge in [-0.3, -0.25) is 4.90 Å². The van der Waals surface area contributed by atoms with Gasteiger partial charge >= 0.3 is 0 Å². The third-order valence-corrected chi connectivity index (χ3v) is 3.70. The molecule has 1 fully saturated rings. The first-order valence-electron chi connectivity index (χ1n) is 15.2. The van der Waals surface area contributed by atoms with Gasteiger partial charge in [-0.05, 0) is 54.2 Å². The fraction of sp³-hybridized carbons (Fsp3) is 0.684. The van der Waals surface area contributed by atoms with E-state index in [9.17, 15) is 5.11 Å². The van der Waals surface area contributed by atoms with Crippen LogP contribution in [0.1, 0.15) is 65.7 Å². The van der Waals surface area contributed by atoms with Crippen LogP contribution in [0.2, 0.25) is 0 Å². The number of aliphatic hydroxyl groups is 1. The van der Waals surface area contributed by atoms with Gasteiger partial charge in [-0.2, -0.15) is 0 Å². The van der Waals surface area contributed by atoms with Gasteiger partial charge in [0.1, 0.15) is 0 Å². The maximum Gasteiger partial charge on any atom is 0.161 e. The summed E-state index contributed by atoms with van der Waals surface area (Å²) in [4.78, 5) is 0.564. The lowest BCUT2D eigenvalue weighted by Gasteiger charge is -2.46. The Kier molecular flexibility index (Phi) is 1.72. The van der Waals surface area contributed by atoms with Gasteiger partial charge in [0.15, 0.2) is 11.5 Å². The number of hydrogen-bond donors (Lipinski definition) is 1. The van der Waals surface area contributed by atoms with Crippen LogP contribution in [0.5, 0.6) is 11.5 Å². The first kappa shape index (κ1) is 5.92. The zero-order valence-corrected chi connectivity index (χ0v) is 12.8. The molecule has 0 aromatic heterocycles. The number of fused-ring (bicyclic) bond motifs is 3. The Bertz CT molecular complexity index is 1150. The molecule has 3 rings (SSSR count). The van der Waals surface area contributed by atoms with Crippen LogP contribution in [0.4, 0.5) is 0 Å². The van der Waals surface area contributed by atoms with Crippen molar-refractivity contribution in [2.24, 2.45) is 11.8 Å². The highest BCUT2D eigenvalue weighted by Gasteiger charge is 2.38. The molecular formula is C19H29NO3. The Balaban J connectivity index is 2.51. The van der Waals surface area contributed by atoms with Gasteiger partial charge in [0.25, 0.3) is 0 Å². The zero-order chi connectivity index (χ0) is 30.5. The van der Waals surface area contributed by atoms with Crippen LogP contribution in [0.25, 0.3) is 0 Å². The molecule has 0 saturated carbocycles. The van der Waals surface area contributed by atoms with Crippen molar-refractivity contribution in [2.75, 3.05) is 27.1 Å². The van der Waals surface area contributed by atoms with Gasteiger partial charge < -0.3 is 14.6 Å². The number of nitrogens with zero attached hydrogens (tertiary/aromatic N) is 1. The number of rotatable bonds is 4. The molecule has 0 aliphatic carbocycles. The highest BCUT2D eigenvalue weighted by Crippen LogP contribution is 2.43. The van der Waals surface area contributed by atoms with Crippen LogP contribution in [0.15, 0.2) is 12.1 Å². The molecule has 1 saturated heterocycles. The third-order valence-electron chi connectivity index (χ3n) is 3.70. The summed E-state index contributed by atoms with van der Waals surface area (Å²) >= 11 is 0. The van der Waals surface area contributed by atoms with E-state index in [0.717, 1.165) is 0 Å². The number of methoxy groups -OCH3 is 2. The first-order valence-corrected chi connectivity index (χ1v) is 7.19. The molecule has 3 unspecified atom stereocenters. The number of piperidine rings is 1. The summed E-state index contributed by atoms with van der Waals surface area (Å²) < 4.78 is 141. The summed E-state index contributed by atoms with van der Waals surface area (Å²) in [5, 5.41) is 11.2. The maximum atomic E-state index is 11.2. The molecule has 2 heterocycles. The molecule has 1 aromatic carbocycles. The highest BCUT2D eigenvalue weighted by molar-refractivity contribution is 5.49. The second-order valence-corrected chi connectivity index (χ2v) is 5.86. The Hall–Kier alpha value is -1.26. The van der Waals surface area contributed by atoms with E-state index in [-0.39, 0.29) is 12.3 Å². The lowest BCUT2D eigenvalue weighted by atomic mass is 9.79. The normalized spacial score (nSPS) is 51.7. The topological polar surface area (TPSA) is 41.9 Å². The smallest absolute Gasteiger partial charge is 0.161 e. The Morgan fingerprint density at radius 3 is 2.87 bits per heavy atom. The third kappa shape index (κ3) is 3.20. The average molecular weight is 336 g/mol. The van der Waals surface area contributed by atoms with E-state index in [1.54, 1.807) is 13.8 Å². The molecule has 3 atom stereocenters. The van der Waals surface area contributed by atoms with Gasteiger partial charge in [-0.15, -0.1) is 0 Å². The van der Waals surface area contributed by atoms with Crippen LogP contribution >= 0.6 is 0 Å². The lowest BCUT2D eigenvalue weighted by Crippen LogP contribution is -2.48. The molecule has 128 valence electrons. The second kappa shape index (κ2) is 6.70. The lowest BCUT2D eigenvalue weighted by molar-refractivity contribution is -0.0191. The Labute approximate surface area is 161 Å². The van der Waals surface area contributed by atoms with Crippen LogP contribution in [0, 0.1) is 11.8 Å². The van der Waals surface area contributed by atoms with Crippen LogP contribution in [-0.2, 0) is 6.37 Å². The van der Waals surface area contributed by atoms with Gasteiger partial charge in [0.05, 0.1) is 32.5 Å². The SMILES string of the molecule is [2H]c1c(OC([2H])([2H])[2H])c(OC([2H])([2H])[2H])c([2H])c2c1C1N(CC([2H])(CC(C)C)C([2H])(O)C1([2H])[2H])C([2H])([2H])C2([2H])[2H]. The summed E-state index contributed by atoms with van der Waals surface area (Å²) in [5.74, 6) is -5.13. The summed E-state index contributed by atoms with van der Waals surface area (Å²) in [6.45, 7) is -0.847. The largest absolute Gasteiger partial charge is 0.493 e. The standard InChI is InChI=1S/C19H29NO3/c1-12(2)7-14-11-20-6-5-13-8-18(22-3)19(23-4)9-15(13)16(20)10-17(14)21/h8-9,12,14,16-17,21H,5-7,10-11H2,1-4H3/i3D3,4D3,5D2,6D2,8D,9D,10D2,14D,17D. The summed E-state index contributed by atoms with van der Waals surface area (Å²) in [6.07, 6.45) is -10.2. The predicted molar refractivity (Wildman–Crippen MR) is 91.1 cm³/mol. The summed E-state index contributed by atoms with van der Waals surface area (Å²) in [7, 11) is -6.70. The van der Waals surface area contributed by atoms with Crippen molar-refractivity contribution in [3.63, 3.8) is 0 Å². The van der Waals surface area contributed by atoms with Crippen molar-refractivity contribution in [1.29, 1.82) is 0 Å². The molecule has 2 aliphatic rings. The highest BCUT2D eigenvalue weighted by atomic mass is 16.5. The van der Waals surface area contributed by atoms with E-state index < -0.39 is 92.6 Å². The van der Waals surface area contributed by atoms with Crippen molar-refractivity contribution in [1.82, 2.24) is 4.90 Å². The van der Waals surface area contributed by atoms with Crippen LogP contribution in [-0.4, -0.2) is 43.2 Å². The number of ether oxygens (including phenoxy) is 2. The van der Waals surface area contributed by atoms with Gasteiger partial charge in [-0.1, -0.05) is 13.8 Å². The van der Waals surface area contributed by atoms with Crippen molar-refractivity contribution in [3.8, 4) is 11.5 Å². The fourth-order valence-electron chi connectivity index (χ4n) is 2.72. The van der Waals surface area contributed by atoms with Gasteiger partial charge in [-0.25, -0.2) is 0 Å². The fourth-order valence-corrected chi connectivity index (χ4v) is 2.72. The van der Waals surface area contributed by atoms with Crippen molar-refractivity contribution in [2.45, 2.75) is 45.1 Å². The van der Waals surface area contributed by atoms with E-state index in [0.29, 0.717) is 4.90 Å². The summed E-state index contributed by atoms with van der Waals surface area (Å²) in [6, 6.07) is -4.54. The van der Waals surface area contributed by atoms with Gasteiger partial charge in [0, 0.05) is 28.7 Å². The zero-order valence-electron chi connectivity index (χ0n) is 28.8. The maximum absolute atomic E-state index is 11.2. The molecule has 1 aromatic rings. The second-order valence-electron chi connectivity index (χ2n) is 5.86. The van der Waals surface area contributed by atoms with Gasteiger partial charge in [0.2, 0.25) is 0 Å². The number of hydrogen-bond acceptors (Lipinski definition) is 4. The van der Waals surface area contributed by atoms with Crippen LogP contribution in [0.3, 0.4) is 0 Å². The van der Waals surface area contributed by atoms with E-state index in [2.05, 4.69) is 0 Å². The quantitative estimate of drug-likeness (QED) is 0.918. The molecular weight excluding hydrogens is 290 g/mol. The van der Waals surface area contributed by atoms with E-state index >= 15 is 0 Å². The monoisotopic (exact) mass is 335 g/mol. The molecule has 4 heteroatoms. The van der Waals surface area contributed by atoms with Crippen LogP contribution < -0.4 is 9.47 Å². The summed E-state index contributed by atoms with van der Waals surface area (Å²) in [5.41, 5.74) is -1.86. The Morgan fingerprint density at radius 2 is 2.17 bits per heavy atom. The van der Waals surface area contributed by atoms with Crippen molar-refractivity contribution < 1.29 is 36.5 Å². The minimum Gasteiger partial charge on any atom is -0.493 e. The molecule has 4 nitrogen and oxygen atoms in total. The minimum absolute atomic E-state index is 0.294. The number of benzene rings is 1. The molecule has 2 aliphatic heterocycles. The first-order chi connectivity index (χ1) is 17.1. The Morgan fingerprint density at radius 1 is 1.43 bits per heavy atom. The molecule has 1 N–H and O–H groups in total. The van der Waals surface area contributed by atoms with E-state index in [4.69, 9.17) is 31.4 Å². The van der Waals surface area contributed by atoms with E-state index in [1.165, 1.54) is 0 Å². The molecule has 0 bridgehead atoms. The van der Waals surface area contributed by atoms with Crippen molar-refractivity contribution in [3.05, 3.63) is 23.2 Å². The molecule has 0 amide bonds.